The van der Waals surface area contributed by atoms with Crippen molar-refractivity contribution in [3.05, 3.63) is 205 Å². The van der Waals surface area contributed by atoms with Gasteiger partial charge >= 0.3 is 30.4 Å². The first-order valence-electron chi connectivity index (χ1n) is 45.0. The van der Waals surface area contributed by atoms with Crippen molar-refractivity contribution in [2.45, 2.75) is 154 Å². The van der Waals surface area contributed by atoms with E-state index in [1.54, 1.807) is 12.0 Å². The number of methoxy groups -OCH3 is 1. The molecule has 712 valence electrons. The van der Waals surface area contributed by atoms with Crippen LogP contribution in [0.4, 0.5) is 60.9 Å². The Bertz CT molecular complexity index is 5520. The van der Waals surface area contributed by atoms with Gasteiger partial charge in [-0.2, -0.15) is 83.2 Å². The maximum Gasteiger partial charge on any atom is 0.421 e. The largest absolute Gasteiger partial charge is 0.462 e. The Hall–Kier alpha value is -10.9. The summed E-state index contributed by atoms with van der Waals surface area (Å²) in [7, 11) is 7.84. The highest BCUT2D eigenvalue weighted by Gasteiger charge is 2.45. The lowest BCUT2D eigenvalue weighted by Crippen LogP contribution is -2.57. The molecule has 4 aromatic carbocycles. The number of amides is 3. The van der Waals surface area contributed by atoms with Crippen LogP contribution < -0.4 is 43.6 Å². The van der Waals surface area contributed by atoms with Crippen molar-refractivity contribution in [1.29, 1.82) is 0 Å². The lowest BCUT2D eigenvalue weighted by Gasteiger charge is -2.41. The van der Waals surface area contributed by atoms with Crippen LogP contribution in [0.5, 0.6) is 18.0 Å². The molecule has 6 saturated heterocycles. The summed E-state index contributed by atoms with van der Waals surface area (Å²) in [5, 5.41) is 2.87. The predicted molar refractivity (Wildman–Crippen MR) is 514 cm³/mol. The number of hydrogen-bond donors (Lipinski definition) is 0. The Labute approximate surface area is 794 Å². The number of aryl methyl sites for hydroxylation is 2. The molecule has 3 amide bonds. The fraction of sp³-hybridized carbons (Fsp3) is 0.521. The Kier molecular flexibility index (Phi) is 34.2. The number of likely N-dealkylation sites (N-methyl/N-ethyl adjacent to an activating group) is 3. The van der Waals surface area contributed by atoms with E-state index in [0.717, 1.165) is 162 Å². The van der Waals surface area contributed by atoms with Crippen molar-refractivity contribution < 1.29 is 59.7 Å². The van der Waals surface area contributed by atoms with Gasteiger partial charge in [0.1, 0.15) is 61.0 Å². The molecule has 6 atom stereocenters. The molecule has 0 radical (unpaired) electrons. The number of alkyl halides is 6. The number of piperazine rings is 3. The van der Waals surface area contributed by atoms with Gasteiger partial charge in [-0.05, 0) is 178 Å². The van der Waals surface area contributed by atoms with E-state index in [2.05, 4.69) is 171 Å². The van der Waals surface area contributed by atoms with E-state index in [1.807, 2.05) is 21.9 Å². The third kappa shape index (κ3) is 23.9. The molecule has 0 saturated carbocycles. The first-order chi connectivity index (χ1) is 62.9. The number of benzene rings is 4. The topological polar surface area (TPSA) is 217 Å². The van der Waals surface area contributed by atoms with Gasteiger partial charge < -0.3 is 92.3 Å². The van der Waals surface area contributed by atoms with E-state index in [-0.39, 0.29) is 122 Å². The fourth-order valence-electron chi connectivity index (χ4n) is 19.3. The van der Waals surface area contributed by atoms with Crippen molar-refractivity contribution >= 4 is 102 Å². The SMILES string of the molecule is S.S.[C-]#[N+]C[C@H]1CN(c2nc(OC[C@@H]3CCCN3C)nc3c2CCN(c2cccc(C)c2C)C3)CCN1C(=O)/C=C/C(F)(F)F.[C-]#[N+]C[C@H]1CN(c2nc(OC[C@@H]3CCCN3C)nc3c2CCN(c2cccc(C)c2C)C3)CCN1C(=O)C(=C)C(F)(F)F.[C-]#[N+]C[C@H]1CN(c2nc(OC[C@@H]3CCCN3C)nc3c2CCN(c2cccc4cccc(Cl)c24)C3)CCN1C(=O)C(=C)COC. The van der Waals surface area contributed by atoms with Crippen LogP contribution in [-0.2, 0) is 58.0 Å². The zero-order valence-electron chi connectivity index (χ0n) is 76.9. The van der Waals surface area contributed by atoms with E-state index in [1.165, 1.54) is 27.2 Å². The van der Waals surface area contributed by atoms with Crippen molar-refractivity contribution in [2.24, 2.45) is 0 Å². The van der Waals surface area contributed by atoms with Crippen molar-refractivity contribution in [1.82, 2.24) is 59.3 Å². The number of carbonyl (C=O) groups is 3. The third-order valence-electron chi connectivity index (χ3n) is 27.0. The molecule has 0 bridgehead atoms. The summed E-state index contributed by atoms with van der Waals surface area (Å²) in [6.07, 6.45) is -0.244. The van der Waals surface area contributed by atoms with Gasteiger partial charge in [0.05, 0.1) is 48.3 Å². The molecule has 0 N–H and O–H groups in total. The zero-order chi connectivity index (χ0) is 93.1. The van der Waals surface area contributed by atoms with Gasteiger partial charge in [-0.1, -0.05) is 73.3 Å². The molecule has 6 fully saturated rings. The van der Waals surface area contributed by atoms with E-state index >= 15 is 0 Å². The zero-order valence-corrected chi connectivity index (χ0v) is 79.7. The number of rotatable bonds is 23. The van der Waals surface area contributed by atoms with Gasteiger partial charge in [0.2, 0.25) is 25.5 Å². The molecule has 133 heavy (non-hydrogen) atoms. The second-order valence-corrected chi connectivity index (χ2v) is 35.7. The predicted octanol–water partition coefficient (Wildman–Crippen LogP) is 13.1. The summed E-state index contributed by atoms with van der Waals surface area (Å²) >= 11 is 6.71. The summed E-state index contributed by atoms with van der Waals surface area (Å²) in [4.78, 5) is 103. The molecule has 3 aromatic heterocycles. The monoisotopic (exact) mass is 1890 g/mol. The van der Waals surface area contributed by atoms with Gasteiger partial charge in [-0.25, -0.2) is 19.7 Å². The Morgan fingerprint density at radius 3 is 1.23 bits per heavy atom. The van der Waals surface area contributed by atoms with Crippen molar-refractivity contribution in [3.63, 3.8) is 0 Å². The highest BCUT2D eigenvalue weighted by atomic mass is 35.5. The minimum absolute atomic E-state index is 0. The van der Waals surface area contributed by atoms with Crippen LogP contribution >= 0.6 is 38.6 Å². The number of anilines is 6. The molecule has 28 nitrogen and oxygen atoms in total. The fourth-order valence-corrected chi connectivity index (χ4v) is 19.6. The highest BCUT2D eigenvalue weighted by Crippen LogP contribution is 2.42. The standard InChI is InChI=1S/C34H40ClN7O3.2C31H38F3N7O2.2H2S/c1-23(21-44-4)33(43)42-17-16-41(19-26(42)18-36-2)32-27-13-15-40(30-12-6-9-24-8-5-11-28(35)31(24)30)20-29(27)37-34(38-32)45-22-25-10-7-14-39(25)3;1-20-8-6-10-27(21(20)2)39-13-11-25-26(18-39)36-30(43-19-23-9-7-12-38(23)5)37-28(25)40-14-15-41(24(17-40)16-35-4)29(42)22(3)31(32,33)34;1-21-7-5-9-27(22(21)2)39-14-11-25-26(19-39)36-30(43-20-23-8-6-13-38(23)4)37-29(25)40-15-16-41(24(18-40)17-35-3)28(42)10-12-31(32,33)34;;/h5-6,8-9,11-12,25-26H,1,7,10,13-22H2,3-4H3;6,8,10,23-24H,3,7,9,11-19H2,1-2,5H3;5,7,9-10,12,23-24H,6,8,11,13-20H2,1-2,4H3;2*1H2/b;;12-10+;;/t25-,26-;2*23-,24-;;/m000../s1. The number of fused-ring (bicyclic) bond motifs is 4. The molecule has 0 aliphatic carbocycles. The third-order valence-corrected chi connectivity index (χ3v) is 27.3. The number of ether oxygens (including phenoxy) is 4. The molecule has 9 aliphatic heterocycles. The maximum absolute atomic E-state index is 13.3. The number of nitrogens with zero attached hydrogens (tertiary/aromatic N) is 21. The van der Waals surface area contributed by atoms with Crippen LogP contribution in [0.25, 0.3) is 25.3 Å². The number of likely N-dealkylation sites (tertiary alicyclic amines) is 3. The summed E-state index contributed by atoms with van der Waals surface area (Å²) in [6, 6.07) is 25.1. The molecule has 0 spiro atoms. The maximum atomic E-state index is 13.3. The summed E-state index contributed by atoms with van der Waals surface area (Å²) < 4.78 is 102. The van der Waals surface area contributed by atoms with Crippen molar-refractivity contribution in [2.75, 3.05) is 202 Å². The smallest absolute Gasteiger partial charge is 0.421 e. The quantitative estimate of drug-likeness (QED) is 0.0330. The lowest BCUT2D eigenvalue weighted by molar-refractivity contribution is -0.141. The Morgan fingerprint density at radius 2 is 0.850 bits per heavy atom. The van der Waals surface area contributed by atoms with Crippen molar-refractivity contribution in [3.8, 4) is 18.0 Å². The van der Waals surface area contributed by atoms with E-state index < -0.39 is 41.8 Å². The first kappa shape index (κ1) is 101. The minimum Gasteiger partial charge on any atom is -0.462 e. The average Bonchev–Trinajstić information content (AvgIpc) is 1.21. The molecule has 7 aromatic rings. The number of carbonyl (C=O) groups excluding carboxylic acids is 3. The van der Waals surface area contributed by atoms with Gasteiger partial charge in [0.25, 0.3) is 11.8 Å². The van der Waals surface area contributed by atoms with Gasteiger partial charge in [0, 0.05) is 161 Å². The minimum atomic E-state index is -4.83. The molecule has 0 unspecified atom stereocenters. The normalized spacial score (nSPS) is 20.5. The summed E-state index contributed by atoms with van der Waals surface area (Å²) in [6.45, 7) is 49.4. The average molecular weight is 1890 g/mol. The number of hydrogen-bond acceptors (Lipinski definition) is 22. The molecule has 12 heterocycles. The first-order valence-corrected chi connectivity index (χ1v) is 45.4. The van der Waals surface area contributed by atoms with Gasteiger partial charge in [-0.3, -0.25) is 14.4 Å². The second-order valence-electron chi connectivity index (χ2n) is 35.3. The lowest BCUT2D eigenvalue weighted by atomic mass is 10.0. The molecule has 9 aliphatic rings. The Morgan fingerprint density at radius 1 is 0.481 bits per heavy atom. The molecule has 16 rings (SSSR count). The van der Waals surface area contributed by atoms with Gasteiger partial charge in [-0.15, -0.1) is 0 Å². The van der Waals surface area contributed by atoms with E-state index in [0.29, 0.717) is 120 Å². The number of halogens is 7. The van der Waals surface area contributed by atoms with Crippen LogP contribution in [0.15, 0.2) is 109 Å². The van der Waals surface area contributed by atoms with Gasteiger partial charge in [0.15, 0.2) is 0 Å². The van der Waals surface area contributed by atoms with Crippen LogP contribution in [0.3, 0.4) is 0 Å². The van der Waals surface area contributed by atoms with E-state index in [9.17, 15) is 40.7 Å². The second kappa shape index (κ2) is 45.0. The number of aromatic nitrogens is 6. The van der Waals surface area contributed by atoms with Crippen LogP contribution in [0.1, 0.15) is 94.6 Å². The van der Waals surface area contributed by atoms with Crippen LogP contribution in [0.2, 0.25) is 5.02 Å². The summed E-state index contributed by atoms with van der Waals surface area (Å²) in [5.74, 6) is 0.126. The summed E-state index contributed by atoms with van der Waals surface area (Å²) in [5.41, 5.74) is 12.9. The molecular weight excluding hydrogens is 1770 g/mol. The van der Waals surface area contributed by atoms with Crippen LogP contribution in [0, 0.1) is 47.4 Å². The molecular formula is C96H120ClF6N21O7S2. The molecule has 37 heteroatoms. The number of allylic oxidation sites excluding steroid dienone is 1. The Balaban J connectivity index is 0.000000179. The van der Waals surface area contributed by atoms with E-state index in [4.69, 9.17) is 80.2 Å². The highest BCUT2D eigenvalue weighted by molar-refractivity contribution is 7.59. The van der Waals surface area contributed by atoms with Crippen LogP contribution in [-0.4, -0.2) is 298 Å².